The molecule has 0 radical (unpaired) electrons. The molecule has 1 N–H and O–H groups in total. The molecule has 156 valence electrons. The number of hydrogen-bond acceptors (Lipinski definition) is 3. The summed E-state index contributed by atoms with van der Waals surface area (Å²) in [6.45, 7) is 11.7. The molecule has 0 aromatic heterocycles. The fourth-order valence-corrected chi connectivity index (χ4v) is 2.81. The van der Waals surface area contributed by atoms with Crippen molar-refractivity contribution < 1.29 is 14.3 Å². The maximum atomic E-state index is 13.0. The summed E-state index contributed by atoms with van der Waals surface area (Å²) in [4.78, 5) is 27.3. The van der Waals surface area contributed by atoms with Gasteiger partial charge in [0.25, 0.3) is 5.91 Å². The lowest BCUT2D eigenvalue weighted by molar-refractivity contribution is -0.142. The van der Waals surface area contributed by atoms with Crippen LogP contribution in [0.3, 0.4) is 0 Å². The summed E-state index contributed by atoms with van der Waals surface area (Å²) in [6, 6.07) is 14.9. The van der Waals surface area contributed by atoms with E-state index in [2.05, 4.69) is 5.32 Å². The van der Waals surface area contributed by atoms with Gasteiger partial charge in [0, 0.05) is 12.1 Å². The minimum atomic E-state index is -0.621. The first kappa shape index (κ1) is 22.5. The van der Waals surface area contributed by atoms with Gasteiger partial charge in [0.05, 0.1) is 0 Å². The largest absolute Gasteiger partial charge is 0.484 e. The van der Waals surface area contributed by atoms with Crippen LogP contribution < -0.4 is 10.1 Å². The Bertz CT molecular complexity index is 821. The minimum Gasteiger partial charge on any atom is -0.484 e. The van der Waals surface area contributed by atoms with Crippen molar-refractivity contribution >= 4 is 11.8 Å². The quantitative estimate of drug-likeness (QED) is 0.769. The second-order valence-corrected chi connectivity index (χ2v) is 8.52. The number of amides is 2. The number of hydrogen-bond donors (Lipinski definition) is 1. The average molecular weight is 397 g/mol. The monoisotopic (exact) mass is 396 g/mol. The van der Waals surface area contributed by atoms with Gasteiger partial charge in [0.2, 0.25) is 5.91 Å². The maximum Gasteiger partial charge on any atom is 0.261 e. The molecule has 2 aromatic rings. The van der Waals surface area contributed by atoms with Crippen LogP contribution in [0.1, 0.15) is 44.4 Å². The second-order valence-electron chi connectivity index (χ2n) is 8.52. The number of benzene rings is 2. The number of aryl methyl sites for hydroxylation is 2. The van der Waals surface area contributed by atoms with Crippen molar-refractivity contribution in [2.45, 2.75) is 59.7 Å². The van der Waals surface area contributed by atoms with Gasteiger partial charge in [-0.3, -0.25) is 9.59 Å². The fourth-order valence-electron chi connectivity index (χ4n) is 2.81. The molecule has 0 saturated heterocycles. The number of ether oxygens (including phenoxy) is 1. The molecule has 5 nitrogen and oxygen atoms in total. The molecule has 0 unspecified atom stereocenters. The highest BCUT2D eigenvalue weighted by Crippen LogP contribution is 2.15. The summed E-state index contributed by atoms with van der Waals surface area (Å²) in [5, 5.41) is 2.96. The zero-order valence-electron chi connectivity index (χ0n) is 18.3. The number of nitrogens with zero attached hydrogens (tertiary/aromatic N) is 1. The van der Waals surface area contributed by atoms with Crippen LogP contribution in [-0.2, 0) is 16.1 Å². The van der Waals surface area contributed by atoms with Crippen LogP contribution >= 0.6 is 0 Å². The van der Waals surface area contributed by atoms with Gasteiger partial charge >= 0.3 is 0 Å². The van der Waals surface area contributed by atoms with E-state index in [1.807, 2.05) is 83.1 Å². The molecule has 29 heavy (non-hydrogen) atoms. The molecule has 0 heterocycles. The molecule has 0 fully saturated rings. The van der Waals surface area contributed by atoms with Crippen molar-refractivity contribution in [3.8, 4) is 5.75 Å². The van der Waals surface area contributed by atoms with Gasteiger partial charge in [-0.05, 0) is 59.2 Å². The normalized spacial score (nSPS) is 12.2. The first-order valence-corrected chi connectivity index (χ1v) is 9.91. The van der Waals surface area contributed by atoms with E-state index in [1.165, 1.54) is 0 Å². The van der Waals surface area contributed by atoms with Crippen molar-refractivity contribution in [2.24, 2.45) is 0 Å². The minimum absolute atomic E-state index is 0.123. The zero-order valence-corrected chi connectivity index (χ0v) is 18.3. The topological polar surface area (TPSA) is 58.6 Å². The smallest absolute Gasteiger partial charge is 0.261 e. The molecule has 2 rings (SSSR count). The van der Waals surface area contributed by atoms with E-state index in [4.69, 9.17) is 4.74 Å². The lowest BCUT2D eigenvalue weighted by Gasteiger charge is -2.31. The number of carbonyl (C=O) groups excluding carboxylic acids is 2. The number of rotatable bonds is 7. The van der Waals surface area contributed by atoms with Gasteiger partial charge in [0.15, 0.2) is 6.61 Å². The lowest BCUT2D eigenvalue weighted by atomic mass is 10.1. The van der Waals surface area contributed by atoms with Crippen LogP contribution in [0, 0.1) is 13.8 Å². The highest BCUT2D eigenvalue weighted by atomic mass is 16.5. The first-order valence-electron chi connectivity index (χ1n) is 9.91. The maximum absolute atomic E-state index is 13.0. The Hall–Kier alpha value is -2.82. The third-order valence-electron chi connectivity index (χ3n) is 4.52. The van der Waals surface area contributed by atoms with Gasteiger partial charge in [-0.2, -0.15) is 0 Å². The first-order chi connectivity index (χ1) is 13.5. The van der Waals surface area contributed by atoms with Crippen LogP contribution in [0.15, 0.2) is 48.5 Å². The van der Waals surface area contributed by atoms with E-state index < -0.39 is 6.04 Å². The molecule has 1 atom stereocenters. The third-order valence-corrected chi connectivity index (χ3v) is 4.52. The lowest BCUT2D eigenvalue weighted by Crippen LogP contribution is -2.53. The Balaban J connectivity index is 2.15. The molecule has 2 aromatic carbocycles. The van der Waals surface area contributed by atoms with Gasteiger partial charge < -0.3 is 15.0 Å². The van der Waals surface area contributed by atoms with E-state index in [9.17, 15) is 9.59 Å². The molecule has 5 heteroatoms. The highest BCUT2D eigenvalue weighted by molar-refractivity contribution is 5.88. The van der Waals surface area contributed by atoms with Crippen LogP contribution in [0.2, 0.25) is 0 Å². The predicted molar refractivity (Wildman–Crippen MR) is 116 cm³/mol. The Morgan fingerprint density at radius 3 is 2.00 bits per heavy atom. The Morgan fingerprint density at radius 2 is 1.48 bits per heavy atom. The Kier molecular flexibility index (Phi) is 7.43. The summed E-state index contributed by atoms with van der Waals surface area (Å²) in [7, 11) is 0. The average Bonchev–Trinajstić information content (AvgIpc) is 2.65. The van der Waals surface area contributed by atoms with E-state index in [1.54, 1.807) is 11.8 Å². The van der Waals surface area contributed by atoms with Crippen molar-refractivity contribution in [2.75, 3.05) is 6.61 Å². The summed E-state index contributed by atoms with van der Waals surface area (Å²) in [5.74, 6) is 0.210. The standard InChI is InChI=1S/C24H32N2O3/c1-17-7-11-20(12-8-17)15-26(19(3)23(28)25-24(4,5)6)22(27)16-29-21-13-9-18(2)10-14-21/h7-14,19H,15-16H2,1-6H3,(H,25,28)/t19-/m0/s1. The van der Waals surface area contributed by atoms with Crippen molar-refractivity contribution in [1.29, 1.82) is 0 Å². The summed E-state index contributed by atoms with van der Waals surface area (Å²) in [5.41, 5.74) is 2.86. The van der Waals surface area contributed by atoms with Gasteiger partial charge in [-0.15, -0.1) is 0 Å². The second kappa shape index (κ2) is 9.59. The van der Waals surface area contributed by atoms with E-state index in [-0.39, 0.29) is 24.0 Å². The van der Waals surface area contributed by atoms with E-state index in [0.29, 0.717) is 12.3 Å². The predicted octanol–water partition coefficient (Wildman–Crippen LogP) is 4.01. The van der Waals surface area contributed by atoms with E-state index in [0.717, 1.165) is 16.7 Å². The van der Waals surface area contributed by atoms with Crippen LogP contribution in [0.5, 0.6) is 5.75 Å². The van der Waals surface area contributed by atoms with Crippen LogP contribution in [0.4, 0.5) is 0 Å². The summed E-state index contributed by atoms with van der Waals surface area (Å²) in [6.07, 6.45) is 0. The summed E-state index contributed by atoms with van der Waals surface area (Å²) < 4.78 is 5.67. The van der Waals surface area contributed by atoms with Gasteiger partial charge in [-0.1, -0.05) is 47.5 Å². The molecule has 0 spiro atoms. The van der Waals surface area contributed by atoms with Gasteiger partial charge in [-0.25, -0.2) is 0 Å². The Labute approximate surface area is 174 Å². The number of carbonyl (C=O) groups is 2. The van der Waals surface area contributed by atoms with E-state index >= 15 is 0 Å². The molecule has 0 aliphatic heterocycles. The molecule has 0 saturated carbocycles. The molecule has 0 bridgehead atoms. The molecule has 0 aliphatic carbocycles. The van der Waals surface area contributed by atoms with Crippen LogP contribution in [0.25, 0.3) is 0 Å². The van der Waals surface area contributed by atoms with Crippen LogP contribution in [-0.4, -0.2) is 34.9 Å². The highest BCUT2D eigenvalue weighted by Gasteiger charge is 2.28. The molecule has 2 amide bonds. The summed E-state index contributed by atoms with van der Waals surface area (Å²) >= 11 is 0. The van der Waals surface area contributed by atoms with Gasteiger partial charge in [0.1, 0.15) is 11.8 Å². The van der Waals surface area contributed by atoms with Crippen molar-refractivity contribution in [3.63, 3.8) is 0 Å². The number of nitrogens with one attached hydrogen (secondary N) is 1. The van der Waals surface area contributed by atoms with Crippen molar-refractivity contribution in [1.82, 2.24) is 10.2 Å². The molecular weight excluding hydrogens is 364 g/mol. The van der Waals surface area contributed by atoms with Crippen molar-refractivity contribution in [3.05, 3.63) is 65.2 Å². The zero-order chi connectivity index (χ0) is 21.6. The fraction of sp³-hybridized carbons (Fsp3) is 0.417. The SMILES string of the molecule is Cc1ccc(CN(C(=O)COc2ccc(C)cc2)[C@@H](C)C(=O)NC(C)(C)C)cc1. The Morgan fingerprint density at radius 1 is 0.966 bits per heavy atom. The molecule has 0 aliphatic rings. The third kappa shape index (κ3) is 7.26. The molecular formula is C24H32N2O3.